The second-order valence-corrected chi connectivity index (χ2v) is 6.16. The molecular weight excluding hydrogens is 342 g/mol. The summed E-state index contributed by atoms with van der Waals surface area (Å²) < 4.78 is 32.0. The van der Waals surface area contributed by atoms with Gasteiger partial charge < -0.3 is 10.5 Å². The zero-order valence-electron chi connectivity index (χ0n) is 13.9. The van der Waals surface area contributed by atoms with Crippen molar-refractivity contribution >= 4 is 11.8 Å². The fraction of sp³-hybridized carbons (Fsp3) is 0.278. The molecule has 2 amide bonds. The Morgan fingerprint density at radius 1 is 1.35 bits per heavy atom. The number of nitriles is 1. The standard InChI is InChI=1S/C11H10F2O.C7H6N4O/c1-5-6-4-14-11-8(13)3-2-7(12)10(11)9(5)6;8-3-5-1-2-6(10-4-5)11-7(9)12/h2-3,5-6,9H,4H2,1H3;1-2,4H,(H3,9,10,11,12)/t5-,6+,9-;/m1./s1. The molecule has 26 heavy (non-hydrogen) atoms. The van der Waals surface area contributed by atoms with E-state index in [-0.39, 0.29) is 17.5 Å². The van der Waals surface area contributed by atoms with Crippen LogP contribution in [-0.2, 0) is 0 Å². The van der Waals surface area contributed by atoms with Gasteiger partial charge in [0.2, 0.25) is 0 Å². The summed E-state index contributed by atoms with van der Waals surface area (Å²) in [5, 5.41) is 10.7. The van der Waals surface area contributed by atoms with Crippen LogP contribution in [0.1, 0.15) is 24.0 Å². The molecule has 2 aliphatic rings. The summed E-state index contributed by atoms with van der Waals surface area (Å²) in [7, 11) is 0. The SMILES string of the molecule is C[C@@H]1[C@@H]2COc3c(F)ccc(F)c3[C@H]12.N#Cc1ccc(NC(N)=O)nc1. The molecular formula is C18H16F2N4O2. The van der Waals surface area contributed by atoms with Crippen LogP contribution in [0.15, 0.2) is 30.5 Å². The maximum Gasteiger partial charge on any atom is 0.317 e. The molecule has 0 bridgehead atoms. The molecule has 8 heteroatoms. The van der Waals surface area contributed by atoms with Crippen molar-refractivity contribution in [1.82, 2.24) is 4.98 Å². The molecule has 1 aliphatic heterocycles. The Balaban J connectivity index is 0.000000153. The number of halogens is 2. The Bertz CT molecular complexity index is 880. The molecule has 0 saturated heterocycles. The first-order valence-corrected chi connectivity index (χ1v) is 7.95. The molecule has 1 aromatic carbocycles. The minimum Gasteiger partial charge on any atom is -0.490 e. The third-order valence-corrected chi connectivity index (χ3v) is 4.55. The first-order valence-electron chi connectivity index (χ1n) is 7.95. The molecule has 6 nitrogen and oxygen atoms in total. The van der Waals surface area contributed by atoms with Crippen molar-refractivity contribution in [2.45, 2.75) is 12.8 Å². The second kappa shape index (κ2) is 6.96. The normalized spacial score (nSPS) is 21.7. The minimum atomic E-state index is -0.674. The van der Waals surface area contributed by atoms with Crippen LogP contribution in [0.2, 0.25) is 0 Å². The van der Waals surface area contributed by atoms with Crippen LogP contribution in [0, 0.1) is 34.8 Å². The van der Waals surface area contributed by atoms with Crippen LogP contribution in [-0.4, -0.2) is 17.6 Å². The number of carbonyl (C=O) groups excluding carboxylic acids is 1. The van der Waals surface area contributed by atoms with E-state index < -0.39 is 11.8 Å². The van der Waals surface area contributed by atoms with Crippen molar-refractivity contribution in [3.8, 4) is 11.8 Å². The predicted octanol–water partition coefficient (Wildman–Crippen LogP) is 3.15. The summed E-state index contributed by atoms with van der Waals surface area (Å²) in [6.07, 6.45) is 1.35. The molecule has 134 valence electrons. The molecule has 3 N–H and O–H groups in total. The fourth-order valence-electron chi connectivity index (χ4n) is 3.12. The number of hydrogen-bond acceptors (Lipinski definition) is 4. The van der Waals surface area contributed by atoms with Gasteiger partial charge in [-0.1, -0.05) is 6.92 Å². The van der Waals surface area contributed by atoms with Crippen LogP contribution in [0.3, 0.4) is 0 Å². The fourth-order valence-corrected chi connectivity index (χ4v) is 3.12. The van der Waals surface area contributed by atoms with Crippen LogP contribution in [0.25, 0.3) is 0 Å². The van der Waals surface area contributed by atoms with Gasteiger partial charge in [0.1, 0.15) is 17.7 Å². The number of hydrogen-bond donors (Lipinski definition) is 2. The van der Waals surface area contributed by atoms with Gasteiger partial charge in [-0.2, -0.15) is 5.26 Å². The first-order chi connectivity index (χ1) is 12.4. The van der Waals surface area contributed by atoms with Crippen LogP contribution in [0.5, 0.6) is 5.75 Å². The average molecular weight is 358 g/mol. The maximum absolute atomic E-state index is 13.5. The summed E-state index contributed by atoms with van der Waals surface area (Å²) in [4.78, 5) is 14.1. The lowest BCUT2D eigenvalue weighted by Gasteiger charge is -2.17. The lowest BCUT2D eigenvalue weighted by Crippen LogP contribution is -2.19. The number of aromatic nitrogens is 1. The predicted molar refractivity (Wildman–Crippen MR) is 89.4 cm³/mol. The minimum absolute atomic E-state index is 0.135. The Hall–Kier alpha value is -3.21. The first kappa shape index (κ1) is 17.6. The van der Waals surface area contributed by atoms with Crippen molar-refractivity contribution in [2.24, 2.45) is 17.6 Å². The van der Waals surface area contributed by atoms with E-state index >= 15 is 0 Å². The number of benzene rings is 1. The van der Waals surface area contributed by atoms with E-state index in [1.165, 1.54) is 24.4 Å². The number of fused-ring (bicyclic) bond motifs is 3. The quantitative estimate of drug-likeness (QED) is 0.817. The van der Waals surface area contributed by atoms with Gasteiger partial charge in [0.15, 0.2) is 11.6 Å². The van der Waals surface area contributed by atoms with Gasteiger partial charge >= 0.3 is 6.03 Å². The number of carbonyl (C=O) groups is 1. The van der Waals surface area contributed by atoms with E-state index in [2.05, 4.69) is 17.2 Å². The summed E-state index contributed by atoms with van der Waals surface area (Å²) in [6, 6.07) is 6.58. The lowest BCUT2D eigenvalue weighted by molar-refractivity contribution is 0.258. The largest absolute Gasteiger partial charge is 0.490 e. The molecule has 3 atom stereocenters. The molecule has 0 radical (unpaired) electrons. The lowest BCUT2D eigenvalue weighted by atomic mass is 10.0. The second-order valence-electron chi connectivity index (χ2n) is 6.16. The number of anilines is 1. The van der Waals surface area contributed by atoms with E-state index in [1.807, 2.05) is 6.07 Å². The Morgan fingerprint density at radius 3 is 2.69 bits per heavy atom. The van der Waals surface area contributed by atoms with Gasteiger partial charge in [0.25, 0.3) is 0 Å². The molecule has 0 spiro atoms. The van der Waals surface area contributed by atoms with Crippen molar-refractivity contribution in [3.05, 3.63) is 53.2 Å². The van der Waals surface area contributed by atoms with E-state index in [0.717, 1.165) is 6.07 Å². The van der Waals surface area contributed by atoms with Gasteiger partial charge in [-0.15, -0.1) is 0 Å². The zero-order chi connectivity index (χ0) is 18.8. The van der Waals surface area contributed by atoms with E-state index in [1.54, 1.807) is 0 Å². The number of nitrogens with two attached hydrogens (primary N) is 1. The number of nitrogens with zero attached hydrogens (tertiary/aromatic N) is 2. The summed E-state index contributed by atoms with van der Waals surface area (Å²) in [5.41, 5.74) is 5.73. The number of pyridine rings is 1. The molecule has 1 fully saturated rings. The number of rotatable bonds is 1. The monoisotopic (exact) mass is 358 g/mol. The smallest absolute Gasteiger partial charge is 0.317 e. The molecule has 2 aromatic rings. The number of urea groups is 1. The number of ether oxygens (including phenoxy) is 1. The van der Waals surface area contributed by atoms with E-state index in [9.17, 15) is 13.6 Å². The number of primary amides is 1. The summed E-state index contributed by atoms with van der Waals surface area (Å²) in [5.74, 6) is 0.678. The Labute approximate surface area is 148 Å². The van der Waals surface area contributed by atoms with Crippen molar-refractivity contribution in [1.29, 1.82) is 5.26 Å². The maximum atomic E-state index is 13.5. The summed E-state index contributed by atoms with van der Waals surface area (Å²) in [6.45, 7) is 2.58. The highest BCUT2D eigenvalue weighted by atomic mass is 19.1. The molecule has 1 saturated carbocycles. The average Bonchev–Trinajstić information content (AvgIpc) is 3.29. The molecule has 1 aromatic heterocycles. The van der Waals surface area contributed by atoms with Crippen LogP contribution < -0.4 is 15.8 Å². The van der Waals surface area contributed by atoms with Crippen molar-refractivity contribution in [2.75, 3.05) is 11.9 Å². The molecule has 0 unspecified atom stereocenters. The highest BCUT2D eigenvalue weighted by Crippen LogP contribution is 2.59. The van der Waals surface area contributed by atoms with Crippen LogP contribution in [0.4, 0.5) is 19.4 Å². The van der Waals surface area contributed by atoms with Gasteiger partial charge in [-0.25, -0.2) is 18.6 Å². The van der Waals surface area contributed by atoms with Crippen LogP contribution >= 0.6 is 0 Å². The van der Waals surface area contributed by atoms with E-state index in [0.29, 0.717) is 35.4 Å². The van der Waals surface area contributed by atoms with Crippen molar-refractivity contribution in [3.63, 3.8) is 0 Å². The van der Waals surface area contributed by atoms with Crippen molar-refractivity contribution < 1.29 is 18.3 Å². The zero-order valence-corrected chi connectivity index (χ0v) is 13.9. The topological polar surface area (TPSA) is 101 Å². The number of amides is 2. The number of nitrogens with one attached hydrogen (secondary N) is 1. The Morgan fingerprint density at radius 2 is 2.08 bits per heavy atom. The highest BCUT2D eigenvalue weighted by Gasteiger charge is 2.53. The third-order valence-electron chi connectivity index (χ3n) is 4.55. The van der Waals surface area contributed by atoms with Gasteiger partial charge in [-0.05, 0) is 36.1 Å². The van der Waals surface area contributed by atoms with Gasteiger partial charge in [0, 0.05) is 17.7 Å². The highest BCUT2D eigenvalue weighted by molar-refractivity contribution is 5.86. The molecule has 2 heterocycles. The molecule has 1 aliphatic carbocycles. The van der Waals surface area contributed by atoms with Gasteiger partial charge in [0.05, 0.1) is 12.2 Å². The third kappa shape index (κ3) is 3.42. The summed E-state index contributed by atoms with van der Waals surface area (Å²) >= 11 is 0. The Kier molecular flexibility index (Phi) is 4.71. The van der Waals surface area contributed by atoms with E-state index in [4.69, 9.17) is 15.7 Å². The molecule has 4 rings (SSSR count). The van der Waals surface area contributed by atoms with Gasteiger partial charge in [-0.3, -0.25) is 5.32 Å².